The SMILES string of the molecule is CCCCC/C=C\C/C=C\C/C=C\CCCCCCCCCCCCCC(O)C(=O)NC(COC1OC(CO)C(O)C(O)C1OC(=O)CCCCCCCCCCCCC/C=C\C/C=C\CCCCC)C(O)/C=C/CCCCCCCCCCCC. The summed E-state index contributed by atoms with van der Waals surface area (Å²) in [6, 6.07) is -1.03. The molecule has 8 unspecified atom stereocenters. The lowest BCUT2D eigenvalue weighted by Crippen LogP contribution is -2.61. The van der Waals surface area contributed by atoms with Crippen LogP contribution in [-0.4, -0.2) is 99.6 Å². The van der Waals surface area contributed by atoms with E-state index in [1.54, 1.807) is 6.08 Å². The van der Waals surface area contributed by atoms with Crippen LogP contribution in [0.25, 0.3) is 0 Å². The Morgan fingerprint density at radius 3 is 1.22 bits per heavy atom. The molecule has 1 fully saturated rings. The standard InChI is InChI=1S/C75H135NO10/c1-4-7-10-13-16-19-22-25-27-29-31-33-34-35-37-38-40-42-44-47-50-53-56-59-62-68(79)74(83)76-66(67(78)61-58-55-52-49-46-24-21-18-15-12-9-6-3)65-84-75-73(72(82)71(81)69(64-77)85-75)86-70(80)63-60-57-54-51-48-45-43-41-39-36-32-30-28-26-23-20-17-14-11-8-5-2/h16-17,19-20,25-28,31,33,58,61,66-69,71-73,75,77-79,81-82H,4-15,18,21-24,29-30,32,34-57,59-60,62-65H2,1-3H3,(H,76,83)/b19-16-,20-17-,27-25-,28-26-,33-31-,61-58+. The molecule has 1 aliphatic heterocycles. The highest BCUT2D eigenvalue weighted by Gasteiger charge is 2.47. The Morgan fingerprint density at radius 2 is 0.802 bits per heavy atom. The summed E-state index contributed by atoms with van der Waals surface area (Å²) >= 11 is 0. The Balaban J connectivity index is 2.57. The molecule has 0 aromatic rings. The molecular weight excluding hydrogens is 1070 g/mol. The summed E-state index contributed by atoms with van der Waals surface area (Å²) in [5, 5.41) is 57.3. The van der Waals surface area contributed by atoms with Gasteiger partial charge in [-0.25, -0.2) is 0 Å². The zero-order chi connectivity index (χ0) is 62.4. The molecule has 1 rings (SSSR count). The van der Waals surface area contributed by atoms with Crippen molar-refractivity contribution in [1.82, 2.24) is 5.32 Å². The Morgan fingerprint density at radius 1 is 0.453 bits per heavy atom. The van der Waals surface area contributed by atoms with Crippen molar-refractivity contribution in [2.24, 2.45) is 0 Å². The number of hydrogen-bond donors (Lipinski definition) is 6. The van der Waals surface area contributed by atoms with E-state index < -0.39 is 67.4 Å². The molecule has 86 heavy (non-hydrogen) atoms. The highest BCUT2D eigenvalue weighted by Crippen LogP contribution is 2.26. The van der Waals surface area contributed by atoms with Crippen molar-refractivity contribution in [3.63, 3.8) is 0 Å². The second kappa shape index (κ2) is 62.3. The van der Waals surface area contributed by atoms with Crippen LogP contribution >= 0.6 is 0 Å². The monoisotopic (exact) mass is 1210 g/mol. The molecule has 1 aliphatic rings. The number of rotatable bonds is 62. The second-order valence-electron chi connectivity index (χ2n) is 25.0. The van der Waals surface area contributed by atoms with Gasteiger partial charge >= 0.3 is 5.97 Å². The second-order valence-corrected chi connectivity index (χ2v) is 25.0. The van der Waals surface area contributed by atoms with E-state index in [9.17, 15) is 35.1 Å². The van der Waals surface area contributed by atoms with Crippen molar-refractivity contribution in [2.45, 2.75) is 378 Å². The minimum Gasteiger partial charge on any atom is -0.454 e. The Bertz CT molecular complexity index is 1680. The molecule has 1 saturated heterocycles. The van der Waals surface area contributed by atoms with Crippen LogP contribution in [0.3, 0.4) is 0 Å². The van der Waals surface area contributed by atoms with E-state index in [1.165, 1.54) is 199 Å². The highest BCUT2D eigenvalue weighted by atomic mass is 16.7. The number of amides is 1. The van der Waals surface area contributed by atoms with E-state index in [2.05, 4.69) is 86.8 Å². The third-order valence-electron chi connectivity index (χ3n) is 16.8. The lowest BCUT2D eigenvalue weighted by molar-refractivity contribution is -0.305. The number of esters is 1. The Kier molecular flexibility index (Phi) is 58.8. The number of allylic oxidation sites excluding steroid dienone is 11. The first kappa shape index (κ1) is 81.1. The van der Waals surface area contributed by atoms with E-state index in [0.717, 1.165) is 83.5 Å². The van der Waals surface area contributed by atoms with Crippen molar-refractivity contribution in [2.75, 3.05) is 13.2 Å². The summed E-state index contributed by atoms with van der Waals surface area (Å²) in [7, 11) is 0. The van der Waals surface area contributed by atoms with Gasteiger partial charge in [0.25, 0.3) is 0 Å². The fourth-order valence-electron chi connectivity index (χ4n) is 11.1. The summed E-state index contributed by atoms with van der Waals surface area (Å²) in [6.45, 7) is 5.77. The molecule has 0 aromatic carbocycles. The summed E-state index contributed by atoms with van der Waals surface area (Å²) in [5.41, 5.74) is 0. The fraction of sp³-hybridized carbons (Fsp3) is 0.813. The first-order valence-corrected chi connectivity index (χ1v) is 36.2. The lowest BCUT2D eigenvalue weighted by Gasteiger charge is -2.41. The molecule has 0 bridgehead atoms. The minimum absolute atomic E-state index is 0.120. The van der Waals surface area contributed by atoms with E-state index in [0.29, 0.717) is 12.8 Å². The summed E-state index contributed by atoms with van der Waals surface area (Å²) < 4.78 is 17.7. The molecule has 1 heterocycles. The molecule has 0 radical (unpaired) electrons. The largest absolute Gasteiger partial charge is 0.454 e. The Hall–Kier alpha value is -2.90. The topological polar surface area (TPSA) is 175 Å². The van der Waals surface area contributed by atoms with Crippen LogP contribution in [0.1, 0.15) is 329 Å². The van der Waals surface area contributed by atoms with Gasteiger partial charge in [-0.3, -0.25) is 9.59 Å². The maximum absolute atomic E-state index is 13.5. The molecule has 1 amide bonds. The number of carbonyl (C=O) groups excluding carboxylic acids is 2. The van der Waals surface area contributed by atoms with Crippen LogP contribution in [0.4, 0.5) is 0 Å². The van der Waals surface area contributed by atoms with Crippen LogP contribution in [0.15, 0.2) is 72.9 Å². The molecule has 0 aromatic heterocycles. The van der Waals surface area contributed by atoms with Gasteiger partial charge in [0.15, 0.2) is 12.4 Å². The van der Waals surface area contributed by atoms with Gasteiger partial charge < -0.3 is 45.1 Å². The van der Waals surface area contributed by atoms with Crippen molar-refractivity contribution in [3.8, 4) is 0 Å². The zero-order valence-corrected chi connectivity index (χ0v) is 55.7. The van der Waals surface area contributed by atoms with Crippen molar-refractivity contribution in [3.05, 3.63) is 72.9 Å². The fourth-order valence-corrected chi connectivity index (χ4v) is 11.1. The average Bonchev–Trinajstić information content (AvgIpc) is 3.68. The first-order valence-electron chi connectivity index (χ1n) is 36.2. The van der Waals surface area contributed by atoms with Gasteiger partial charge in [-0.05, 0) is 96.3 Å². The van der Waals surface area contributed by atoms with E-state index in [-0.39, 0.29) is 19.4 Å². The molecule has 6 N–H and O–H groups in total. The maximum Gasteiger partial charge on any atom is 0.306 e. The number of carbonyl (C=O) groups is 2. The lowest BCUT2D eigenvalue weighted by atomic mass is 9.99. The van der Waals surface area contributed by atoms with Crippen molar-refractivity contribution >= 4 is 11.9 Å². The molecule has 0 spiro atoms. The Labute approximate surface area is 528 Å². The van der Waals surface area contributed by atoms with Gasteiger partial charge in [0.2, 0.25) is 5.91 Å². The number of hydrogen-bond acceptors (Lipinski definition) is 10. The predicted octanol–water partition coefficient (Wildman–Crippen LogP) is 18.7. The third-order valence-corrected chi connectivity index (χ3v) is 16.8. The minimum atomic E-state index is -1.62. The van der Waals surface area contributed by atoms with Crippen LogP contribution in [0.5, 0.6) is 0 Å². The van der Waals surface area contributed by atoms with E-state index >= 15 is 0 Å². The normalized spacial score (nSPS) is 18.7. The maximum atomic E-state index is 13.5. The van der Waals surface area contributed by atoms with Gasteiger partial charge in [0.05, 0.1) is 25.4 Å². The molecular formula is C75H135NO10. The average molecular weight is 1210 g/mol. The van der Waals surface area contributed by atoms with Gasteiger partial charge in [-0.2, -0.15) is 0 Å². The van der Waals surface area contributed by atoms with Crippen LogP contribution in [0, 0.1) is 0 Å². The number of aliphatic hydroxyl groups excluding tert-OH is 5. The third kappa shape index (κ3) is 49.0. The van der Waals surface area contributed by atoms with Gasteiger partial charge in [0.1, 0.15) is 24.4 Å². The van der Waals surface area contributed by atoms with Crippen molar-refractivity contribution < 1.29 is 49.3 Å². The summed E-state index contributed by atoms with van der Waals surface area (Å²) in [6.07, 6.45) is 70.8. The summed E-state index contributed by atoms with van der Waals surface area (Å²) in [5.74, 6) is -1.19. The smallest absolute Gasteiger partial charge is 0.306 e. The van der Waals surface area contributed by atoms with Gasteiger partial charge in [0, 0.05) is 6.42 Å². The van der Waals surface area contributed by atoms with Gasteiger partial charge in [-0.1, -0.05) is 299 Å². The van der Waals surface area contributed by atoms with E-state index in [1.807, 2.05) is 6.08 Å². The number of unbranched alkanes of at least 4 members (excludes halogenated alkanes) is 38. The quantitative estimate of drug-likeness (QED) is 0.0195. The van der Waals surface area contributed by atoms with E-state index in [4.69, 9.17) is 14.2 Å². The summed E-state index contributed by atoms with van der Waals surface area (Å²) in [4.78, 5) is 26.7. The zero-order valence-electron chi connectivity index (χ0n) is 55.7. The molecule has 11 nitrogen and oxygen atoms in total. The molecule has 0 saturated carbocycles. The number of nitrogens with one attached hydrogen (secondary N) is 1. The van der Waals surface area contributed by atoms with Gasteiger partial charge in [-0.15, -0.1) is 0 Å². The van der Waals surface area contributed by atoms with Crippen LogP contribution < -0.4 is 5.32 Å². The molecule has 8 atom stereocenters. The molecule has 11 heteroatoms. The van der Waals surface area contributed by atoms with Crippen molar-refractivity contribution in [1.29, 1.82) is 0 Å². The molecule has 500 valence electrons. The van der Waals surface area contributed by atoms with Crippen LogP contribution in [0.2, 0.25) is 0 Å². The number of aliphatic hydroxyl groups is 5. The number of ether oxygens (including phenoxy) is 3. The predicted molar refractivity (Wildman–Crippen MR) is 361 cm³/mol. The van der Waals surface area contributed by atoms with Crippen LogP contribution in [-0.2, 0) is 23.8 Å². The first-order chi connectivity index (χ1) is 42.2. The molecule has 0 aliphatic carbocycles. The highest BCUT2D eigenvalue weighted by molar-refractivity contribution is 5.80.